The van der Waals surface area contributed by atoms with E-state index in [1.165, 1.54) is 10.9 Å². The summed E-state index contributed by atoms with van der Waals surface area (Å²) in [6, 6.07) is 0. The number of hydrogen-bond acceptors (Lipinski definition) is 8. The number of fused-ring (bicyclic) bond motifs is 1. The van der Waals surface area contributed by atoms with Crippen LogP contribution in [0.4, 0.5) is 5.95 Å². The Hall–Kier alpha value is -2.06. The average Bonchev–Trinajstić information content (AvgIpc) is 2.71. The van der Waals surface area contributed by atoms with Crippen LogP contribution in [-0.2, 0) is 21.9 Å². The van der Waals surface area contributed by atoms with Gasteiger partial charge in [0.25, 0.3) is 5.56 Å². The number of aromatic amines is 1. The van der Waals surface area contributed by atoms with Crippen LogP contribution in [0.1, 0.15) is 0 Å². The SMILES string of the molecule is Nc1nc2c(ncn2COCCO)c(=O)[nH]1.O=S(=O)(O)O. The Labute approximate surface area is 117 Å². The minimum absolute atomic E-state index is 0.0291. The van der Waals surface area contributed by atoms with Gasteiger partial charge in [-0.2, -0.15) is 13.4 Å². The number of hydrogen-bond donors (Lipinski definition) is 5. The first-order valence-corrected chi connectivity index (χ1v) is 6.71. The molecule has 0 aliphatic heterocycles. The average molecular weight is 323 g/mol. The molecule has 2 heterocycles. The standard InChI is InChI=1S/C8H11N5O3.H2O4S/c9-8-11-6-5(7(15)12-8)10-3-13(6)4-16-2-1-14;1-5(2,3)4/h3,14H,1-2,4H2,(H3,9,11,12,15);(H2,1,2,3,4). The second-order valence-corrected chi connectivity index (χ2v) is 4.44. The van der Waals surface area contributed by atoms with E-state index in [0.717, 1.165) is 0 Å². The summed E-state index contributed by atoms with van der Waals surface area (Å²) in [7, 11) is -4.67. The van der Waals surface area contributed by atoms with Crippen molar-refractivity contribution in [2.45, 2.75) is 6.73 Å². The Balaban J connectivity index is 0.000000383. The van der Waals surface area contributed by atoms with Crippen molar-refractivity contribution in [2.24, 2.45) is 0 Å². The molecule has 6 N–H and O–H groups in total. The van der Waals surface area contributed by atoms with E-state index in [0.29, 0.717) is 5.65 Å². The Bertz CT molecular complexity index is 744. The lowest BCUT2D eigenvalue weighted by molar-refractivity contribution is 0.0499. The third kappa shape index (κ3) is 5.84. The number of aliphatic hydroxyl groups is 1. The lowest BCUT2D eigenvalue weighted by atomic mass is 10.5. The van der Waals surface area contributed by atoms with E-state index in [1.807, 2.05) is 0 Å². The normalized spacial score (nSPS) is 11.2. The Morgan fingerprint density at radius 2 is 2.05 bits per heavy atom. The third-order valence-corrected chi connectivity index (χ3v) is 1.96. The van der Waals surface area contributed by atoms with Crippen molar-refractivity contribution in [3.63, 3.8) is 0 Å². The van der Waals surface area contributed by atoms with E-state index >= 15 is 0 Å². The van der Waals surface area contributed by atoms with Crippen molar-refractivity contribution >= 4 is 27.5 Å². The summed E-state index contributed by atoms with van der Waals surface area (Å²) < 4.78 is 38.2. The molecule has 21 heavy (non-hydrogen) atoms. The largest absolute Gasteiger partial charge is 0.394 e. The maximum absolute atomic E-state index is 11.4. The highest BCUT2D eigenvalue weighted by molar-refractivity contribution is 7.79. The summed E-state index contributed by atoms with van der Waals surface area (Å²) in [5.41, 5.74) is 5.60. The number of nitrogens with zero attached hydrogens (tertiary/aromatic N) is 3. The number of imidazole rings is 1. The zero-order valence-electron chi connectivity index (χ0n) is 10.5. The minimum Gasteiger partial charge on any atom is -0.394 e. The van der Waals surface area contributed by atoms with Gasteiger partial charge in [-0.05, 0) is 0 Å². The van der Waals surface area contributed by atoms with Crippen LogP contribution in [0, 0.1) is 0 Å². The number of ether oxygens (including phenoxy) is 1. The van der Waals surface area contributed by atoms with E-state index in [1.54, 1.807) is 0 Å². The zero-order chi connectivity index (χ0) is 16.0. The van der Waals surface area contributed by atoms with Gasteiger partial charge >= 0.3 is 10.4 Å². The fourth-order valence-corrected chi connectivity index (χ4v) is 1.29. The van der Waals surface area contributed by atoms with E-state index in [-0.39, 0.29) is 37.0 Å². The lowest BCUT2D eigenvalue weighted by Crippen LogP contribution is -2.13. The van der Waals surface area contributed by atoms with Crippen LogP contribution in [-0.4, -0.2) is 55.4 Å². The summed E-state index contributed by atoms with van der Waals surface area (Å²) in [6.45, 7) is 0.300. The van der Waals surface area contributed by atoms with Gasteiger partial charge in [-0.1, -0.05) is 0 Å². The van der Waals surface area contributed by atoms with Crippen LogP contribution < -0.4 is 11.3 Å². The molecule has 0 saturated carbocycles. The maximum atomic E-state index is 11.4. The number of aromatic nitrogens is 4. The van der Waals surface area contributed by atoms with Gasteiger partial charge in [0.05, 0.1) is 19.5 Å². The summed E-state index contributed by atoms with van der Waals surface area (Å²) >= 11 is 0. The molecule has 2 aromatic rings. The molecule has 0 unspecified atom stereocenters. The topological polar surface area (TPSA) is 194 Å². The second kappa shape index (κ2) is 7.09. The first kappa shape index (κ1) is 17.0. The molecule has 0 aromatic carbocycles. The smallest absolute Gasteiger partial charge is 0.394 e. The Morgan fingerprint density at radius 3 is 2.62 bits per heavy atom. The van der Waals surface area contributed by atoms with Gasteiger partial charge in [-0.15, -0.1) is 0 Å². The zero-order valence-corrected chi connectivity index (χ0v) is 11.3. The van der Waals surface area contributed by atoms with Crippen molar-refractivity contribution in [1.82, 2.24) is 19.5 Å². The number of H-pyrrole nitrogens is 1. The van der Waals surface area contributed by atoms with Crippen molar-refractivity contribution in [2.75, 3.05) is 18.9 Å². The first-order valence-electron chi connectivity index (χ1n) is 5.31. The molecule has 0 aliphatic carbocycles. The van der Waals surface area contributed by atoms with Crippen LogP contribution in [0.2, 0.25) is 0 Å². The molecule has 0 fully saturated rings. The molecule has 0 saturated heterocycles. The van der Waals surface area contributed by atoms with Gasteiger partial charge in [-0.25, -0.2) is 4.98 Å². The quantitative estimate of drug-likeness (QED) is 0.310. The number of nitrogens with two attached hydrogens (primary N) is 1. The molecule has 0 aliphatic rings. The molecule has 12 nitrogen and oxygen atoms in total. The van der Waals surface area contributed by atoms with Crippen LogP contribution in [0.25, 0.3) is 11.2 Å². The predicted molar refractivity (Wildman–Crippen MR) is 69.8 cm³/mol. The molecule has 0 spiro atoms. The number of rotatable bonds is 4. The highest BCUT2D eigenvalue weighted by Gasteiger charge is 2.08. The molecule has 118 valence electrons. The van der Waals surface area contributed by atoms with E-state index in [2.05, 4.69) is 15.0 Å². The molecule has 2 aromatic heterocycles. The van der Waals surface area contributed by atoms with E-state index < -0.39 is 10.4 Å². The van der Waals surface area contributed by atoms with Gasteiger partial charge in [0.2, 0.25) is 5.95 Å². The van der Waals surface area contributed by atoms with E-state index in [4.69, 9.17) is 33.1 Å². The van der Waals surface area contributed by atoms with Crippen LogP contribution in [0.3, 0.4) is 0 Å². The van der Waals surface area contributed by atoms with Crippen molar-refractivity contribution in [3.05, 3.63) is 16.7 Å². The Morgan fingerprint density at radius 1 is 1.43 bits per heavy atom. The summed E-state index contributed by atoms with van der Waals surface area (Å²) in [4.78, 5) is 21.6. The van der Waals surface area contributed by atoms with Crippen LogP contribution in [0.15, 0.2) is 11.1 Å². The fourth-order valence-electron chi connectivity index (χ4n) is 1.29. The highest BCUT2D eigenvalue weighted by atomic mass is 32.3. The van der Waals surface area contributed by atoms with Crippen molar-refractivity contribution < 1.29 is 27.4 Å². The summed E-state index contributed by atoms with van der Waals surface area (Å²) in [5, 5.41) is 8.56. The third-order valence-electron chi connectivity index (χ3n) is 1.96. The molecule has 0 radical (unpaired) electrons. The van der Waals surface area contributed by atoms with Crippen molar-refractivity contribution in [3.8, 4) is 0 Å². The fraction of sp³-hybridized carbons (Fsp3) is 0.375. The number of aliphatic hydroxyl groups excluding tert-OH is 1. The molecular formula is C8H13N5O7S. The van der Waals surface area contributed by atoms with E-state index in [9.17, 15) is 4.79 Å². The van der Waals surface area contributed by atoms with Gasteiger partial charge < -0.3 is 15.6 Å². The van der Waals surface area contributed by atoms with Crippen LogP contribution >= 0.6 is 0 Å². The van der Waals surface area contributed by atoms with Crippen molar-refractivity contribution in [1.29, 1.82) is 0 Å². The number of nitrogens with one attached hydrogen (secondary N) is 1. The molecule has 13 heteroatoms. The van der Waals surface area contributed by atoms with Gasteiger partial charge in [0.1, 0.15) is 6.73 Å². The van der Waals surface area contributed by atoms with Gasteiger partial charge in [-0.3, -0.25) is 23.5 Å². The lowest BCUT2D eigenvalue weighted by Gasteiger charge is -2.03. The maximum Gasteiger partial charge on any atom is 0.394 e. The monoisotopic (exact) mass is 323 g/mol. The minimum atomic E-state index is -4.67. The molecule has 0 atom stereocenters. The molecular weight excluding hydrogens is 310 g/mol. The molecule has 0 amide bonds. The first-order chi connectivity index (χ1) is 9.72. The second-order valence-electron chi connectivity index (χ2n) is 3.55. The number of nitrogen functional groups attached to an aromatic ring is 1. The summed E-state index contributed by atoms with van der Waals surface area (Å²) in [5.74, 6) is 0.0291. The highest BCUT2D eigenvalue weighted by Crippen LogP contribution is 2.05. The number of anilines is 1. The van der Waals surface area contributed by atoms with Gasteiger partial charge in [0, 0.05) is 0 Å². The molecule has 0 bridgehead atoms. The summed E-state index contributed by atoms with van der Waals surface area (Å²) in [6.07, 6.45) is 1.43. The Kier molecular flexibility index (Phi) is 5.74. The van der Waals surface area contributed by atoms with Crippen LogP contribution in [0.5, 0.6) is 0 Å². The molecule has 2 rings (SSSR count). The van der Waals surface area contributed by atoms with Gasteiger partial charge in [0.15, 0.2) is 11.2 Å². The predicted octanol–water partition coefficient (Wildman–Crippen LogP) is -1.98.